The van der Waals surface area contributed by atoms with Crippen molar-refractivity contribution in [1.82, 2.24) is 0 Å². The lowest BCUT2D eigenvalue weighted by molar-refractivity contribution is 0.363. The zero-order valence-electron chi connectivity index (χ0n) is 10.7. The third kappa shape index (κ3) is 10.3. The number of hydrogen-bond acceptors (Lipinski definition) is 4. The highest BCUT2D eigenvalue weighted by molar-refractivity contribution is 8.06. The smallest absolute Gasteiger partial charge is 0.418 e. The standard InChI is InChI=1S/C12H11O3P.H3O3PS/c13-16(14-11-7-3-1-4-8-11)15-12-9-5-2-6-10-12;1-4(2,3)5/h1-10,13H;(H3,1,2,3,5). The van der Waals surface area contributed by atoms with E-state index in [4.69, 9.17) is 23.7 Å². The van der Waals surface area contributed by atoms with Crippen molar-refractivity contribution in [3.63, 3.8) is 0 Å². The Morgan fingerprint density at radius 3 is 1.33 bits per heavy atom. The van der Waals surface area contributed by atoms with Crippen LogP contribution in [0.3, 0.4) is 0 Å². The molecule has 2 rings (SSSR count). The molecule has 0 aromatic heterocycles. The van der Waals surface area contributed by atoms with Gasteiger partial charge >= 0.3 is 15.3 Å². The van der Waals surface area contributed by atoms with Crippen LogP contribution < -0.4 is 9.05 Å². The molecule has 21 heavy (non-hydrogen) atoms. The van der Waals surface area contributed by atoms with Crippen molar-refractivity contribution in [3.8, 4) is 11.5 Å². The summed E-state index contributed by atoms with van der Waals surface area (Å²) in [5.74, 6) is 1.18. The Morgan fingerprint density at radius 2 is 1.05 bits per heavy atom. The van der Waals surface area contributed by atoms with Gasteiger partial charge in [0.2, 0.25) is 0 Å². The van der Waals surface area contributed by atoms with E-state index in [9.17, 15) is 4.89 Å². The molecule has 0 unspecified atom stereocenters. The lowest BCUT2D eigenvalue weighted by Crippen LogP contribution is -1.93. The zero-order valence-corrected chi connectivity index (χ0v) is 13.3. The second-order valence-corrected chi connectivity index (χ2v) is 6.90. The van der Waals surface area contributed by atoms with Gasteiger partial charge in [-0.2, -0.15) is 0 Å². The average molecular weight is 348 g/mol. The first-order valence-electron chi connectivity index (χ1n) is 5.58. The number of hydrogen-bond donors (Lipinski definition) is 4. The van der Waals surface area contributed by atoms with E-state index in [1.807, 2.05) is 36.4 Å². The van der Waals surface area contributed by atoms with Crippen molar-refractivity contribution >= 4 is 27.1 Å². The minimum atomic E-state index is -3.81. The Bertz CT molecular complexity index is 513. The van der Waals surface area contributed by atoms with Gasteiger partial charge in [0.1, 0.15) is 11.5 Å². The molecule has 0 heterocycles. The molecule has 0 aliphatic heterocycles. The molecule has 0 atom stereocenters. The maximum Gasteiger partial charge on any atom is 0.460 e. The van der Waals surface area contributed by atoms with Crippen molar-refractivity contribution in [2.45, 2.75) is 0 Å². The molecule has 0 amide bonds. The Balaban J connectivity index is 0.000000383. The number of rotatable bonds is 4. The molecule has 0 aliphatic rings. The van der Waals surface area contributed by atoms with Crippen LogP contribution in [0.5, 0.6) is 11.5 Å². The highest BCUT2D eigenvalue weighted by Crippen LogP contribution is 2.35. The van der Waals surface area contributed by atoms with Crippen LogP contribution in [-0.2, 0) is 11.8 Å². The Kier molecular flexibility index (Phi) is 7.78. The maximum atomic E-state index is 9.58. The quantitative estimate of drug-likeness (QED) is 0.630. The summed E-state index contributed by atoms with van der Waals surface area (Å²) in [7, 11) is -1.93. The number of para-hydroxylation sites is 2. The van der Waals surface area contributed by atoms with Gasteiger partial charge < -0.3 is 28.6 Å². The summed E-state index contributed by atoms with van der Waals surface area (Å²) in [5.41, 5.74) is 0. The second kappa shape index (κ2) is 9.07. The van der Waals surface area contributed by atoms with Crippen LogP contribution in [0.2, 0.25) is 0 Å². The summed E-state index contributed by atoms with van der Waals surface area (Å²) in [6.45, 7) is -3.81. The molecule has 4 N–H and O–H groups in total. The zero-order chi connectivity index (χ0) is 15.7. The predicted molar refractivity (Wildman–Crippen MR) is 84.2 cm³/mol. The molecule has 0 aliphatic carbocycles. The van der Waals surface area contributed by atoms with E-state index in [-0.39, 0.29) is 0 Å². The van der Waals surface area contributed by atoms with Crippen LogP contribution in [0.25, 0.3) is 0 Å². The normalized spacial score (nSPS) is 10.5. The van der Waals surface area contributed by atoms with Crippen LogP contribution in [0.1, 0.15) is 0 Å². The molecule has 0 spiro atoms. The number of benzene rings is 2. The largest absolute Gasteiger partial charge is 0.460 e. The van der Waals surface area contributed by atoms with Crippen molar-refractivity contribution in [2.24, 2.45) is 0 Å². The van der Waals surface area contributed by atoms with E-state index < -0.39 is 15.3 Å². The summed E-state index contributed by atoms with van der Waals surface area (Å²) in [4.78, 5) is 32.3. The fraction of sp³-hybridized carbons (Fsp3) is 0. The summed E-state index contributed by atoms with van der Waals surface area (Å²) < 4.78 is 10.4. The monoisotopic (exact) mass is 348 g/mol. The van der Waals surface area contributed by atoms with E-state index >= 15 is 0 Å². The molecule has 2 aromatic carbocycles. The molecule has 0 bridgehead atoms. The van der Waals surface area contributed by atoms with Crippen LogP contribution in [0.15, 0.2) is 60.7 Å². The van der Waals surface area contributed by atoms with Crippen molar-refractivity contribution in [1.29, 1.82) is 0 Å². The molecular weight excluding hydrogens is 334 g/mol. The van der Waals surface area contributed by atoms with Gasteiger partial charge in [0.05, 0.1) is 0 Å². The van der Waals surface area contributed by atoms with Crippen molar-refractivity contribution < 1.29 is 28.6 Å². The Hall–Kier alpha value is -1.04. The molecule has 6 nitrogen and oxygen atoms in total. The summed E-state index contributed by atoms with van der Waals surface area (Å²) in [6.07, 6.45) is 0. The van der Waals surface area contributed by atoms with Gasteiger partial charge in [-0.25, -0.2) is 0 Å². The summed E-state index contributed by atoms with van der Waals surface area (Å²) >= 11 is 3.60. The van der Waals surface area contributed by atoms with E-state index in [1.165, 1.54) is 0 Å². The highest BCUT2D eigenvalue weighted by Gasteiger charge is 2.10. The lowest BCUT2D eigenvalue weighted by Gasteiger charge is -2.11. The SMILES string of the molecule is OP(O)(O)=S.OP(Oc1ccccc1)Oc1ccccc1. The highest BCUT2D eigenvalue weighted by atomic mass is 32.5. The van der Waals surface area contributed by atoms with Gasteiger partial charge in [-0.1, -0.05) is 36.4 Å². The van der Waals surface area contributed by atoms with Gasteiger partial charge in [-0.3, -0.25) is 0 Å². The molecular formula is C12H14O6P2S. The van der Waals surface area contributed by atoms with E-state index in [2.05, 4.69) is 11.8 Å². The Morgan fingerprint density at radius 1 is 0.762 bits per heavy atom. The van der Waals surface area contributed by atoms with Crippen LogP contribution >= 0.6 is 15.3 Å². The average Bonchev–Trinajstić information content (AvgIpc) is 2.39. The first-order chi connectivity index (χ1) is 9.84. The minimum Gasteiger partial charge on any atom is -0.418 e. The van der Waals surface area contributed by atoms with Crippen LogP contribution in [0, 0.1) is 0 Å². The third-order valence-electron chi connectivity index (χ3n) is 1.85. The fourth-order valence-corrected chi connectivity index (χ4v) is 1.80. The van der Waals surface area contributed by atoms with Crippen molar-refractivity contribution in [2.75, 3.05) is 0 Å². The van der Waals surface area contributed by atoms with Gasteiger partial charge in [0.25, 0.3) is 0 Å². The van der Waals surface area contributed by atoms with Gasteiger partial charge in [-0.15, -0.1) is 0 Å². The van der Waals surface area contributed by atoms with E-state index in [1.54, 1.807) is 24.3 Å². The maximum absolute atomic E-state index is 9.58. The van der Waals surface area contributed by atoms with Crippen molar-refractivity contribution in [3.05, 3.63) is 60.7 Å². The molecule has 114 valence electrons. The van der Waals surface area contributed by atoms with E-state index in [0.717, 1.165) is 0 Å². The molecule has 0 fully saturated rings. The summed E-state index contributed by atoms with van der Waals surface area (Å²) in [5, 5.41) is 0. The molecule has 9 heteroatoms. The van der Waals surface area contributed by atoms with Gasteiger partial charge in [0, 0.05) is 0 Å². The molecule has 2 aromatic rings. The fourth-order valence-electron chi connectivity index (χ4n) is 1.16. The van der Waals surface area contributed by atoms with E-state index in [0.29, 0.717) is 11.5 Å². The topological polar surface area (TPSA) is 99.4 Å². The third-order valence-corrected chi connectivity index (χ3v) is 2.59. The molecule has 0 saturated heterocycles. The van der Waals surface area contributed by atoms with Gasteiger partial charge in [0.15, 0.2) is 0 Å². The molecule has 0 radical (unpaired) electrons. The minimum absolute atomic E-state index is 0.590. The Labute approximate surface area is 128 Å². The first kappa shape index (κ1) is 18.0. The predicted octanol–water partition coefficient (Wildman–Crippen LogP) is 2.55. The van der Waals surface area contributed by atoms with Gasteiger partial charge in [-0.05, 0) is 36.1 Å². The summed E-state index contributed by atoms with van der Waals surface area (Å²) in [6, 6.07) is 18.2. The molecule has 0 saturated carbocycles. The van der Waals surface area contributed by atoms with Crippen LogP contribution in [-0.4, -0.2) is 19.6 Å². The lowest BCUT2D eigenvalue weighted by atomic mass is 10.3. The first-order valence-corrected chi connectivity index (χ1v) is 9.37. The second-order valence-electron chi connectivity index (χ2n) is 3.56. The van der Waals surface area contributed by atoms with Crippen LogP contribution in [0.4, 0.5) is 0 Å².